The van der Waals surface area contributed by atoms with Crippen molar-refractivity contribution >= 4 is 29.3 Å². The number of rotatable bonds is 4. The van der Waals surface area contributed by atoms with Gasteiger partial charge in [0.15, 0.2) is 0 Å². The Hall–Kier alpha value is -1.39. The van der Waals surface area contributed by atoms with Crippen molar-refractivity contribution in [2.45, 2.75) is 22.7 Å². The number of alkyl halides is 4. The molecule has 0 bridgehead atoms. The van der Waals surface area contributed by atoms with Crippen LogP contribution >= 0.6 is 23.4 Å². The molecule has 0 radical (unpaired) electrons. The molecule has 0 saturated carbocycles. The van der Waals surface area contributed by atoms with Gasteiger partial charge in [-0.15, -0.1) is 11.6 Å². The first-order valence-electron chi connectivity index (χ1n) is 5.25. The molecule has 0 atom stereocenters. The van der Waals surface area contributed by atoms with Crippen LogP contribution in [0.2, 0.25) is 0 Å². The third-order valence-corrected chi connectivity index (χ3v) is 3.32. The summed E-state index contributed by atoms with van der Waals surface area (Å²) in [7, 11) is 1.16. The highest BCUT2D eigenvalue weighted by Gasteiger charge is 2.30. The molecule has 0 saturated heterocycles. The number of methoxy groups -OCH3 is 1. The minimum Gasteiger partial charge on any atom is -0.469 e. The summed E-state index contributed by atoms with van der Waals surface area (Å²) < 4.78 is 41.6. The van der Waals surface area contributed by atoms with Crippen LogP contribution in [0.25, 0.3) is 0 Å². The second-order valence-corrected chi connectivity index (χ2v) is 5.07. The third-order valence-electron chi connectivity index (χ3n) is 2.33. The molecule has 1 rings (SSSR count). The first-order valence-corrected chi connectivity index (χ1v) is 6.60. The lowest BCUT2D eigenvalue weighted by Crippen LogP contribution is -2.08. The van der Waals surface area contributed by atoms with E-state index in [1.165, 1.54) is 6.07 Å². The Bertz CT molecular complexity index is 555. The van der Waals surface area contributed by atoms with E-state index in [9.17, 15) is 18.0 Å². The molecule has 0 N–H and O–H groups in total. The molecular formula is C12H9ClF3NO2S. The predicted molar refractivity (Wildman–Crippen MR) is 68.3 cm³/mol. The maximum atomic E-state index is 12.4. The molecule has 0 spiro atoms. The first kappa shape index (κ1) is 16.7. The zero-order valence-electron chi connectivity index (χ0n) is 10.3. The Morgan fingerprint density at radius 1 is 1.45 bits per heavy atom. The monoisotopic (exact) mass is 323 g/mol. The van der Waals surface area contributed by atoms with E-state index >= 15 is 0 Å². The van der Waals surface area contributed by atoms with E-state index in [0.717, 1.165) is 13.2 Å². The normalized spacial score (nSPS) is 11.0. The Kier molecular flexibility index (Phi) is 5.72. The number of carbonyl (C=O) groups is 1. The standard InChI is InChI=1S/C12H9ClF3NO2S/c1-19-11(18)4-7-2-9(20-12(14,15)16)3-8(5-13)10(7)6-17/h2-3H,4-5H2,1H3. The van der Waals surface area contributed by atoms with Crippen molar-refractivity contribution in [1.82, 2.24) is 0 Å². The smallest absolute Gasteiger partial charge is 0.446 e. The van der Waals surface area contributed by atoms with Crippen molar-refractivity contribution in [2.24, 2.45) is 0 Å². The van der Waals surface area contributed by atoms with E-state index in [0.29, 0.717) is 0 Å². The quantitative estimate of drug-likeness (QED) is 0.482. The number of carbonyl (C=O) groups excluding carboxylic acids is 1. The SMILES string of the molecule is COC(=O)Cc1cc(SC(F)(F)F)cc(CCl)c1C#N. The second kappa shape index (κ2) is 6.86. The van der Waals surface area contributed by atoms with Crippen molar-refractivity contribution < 1.29 is 22.7 Å². The number of hydrogen-bond acceptors (Lipinski definition) is 4. The maximum Gasteiger partial charge on any atom is 0.446 e. The molecule has 108 valence electrons. The number of benzene rings is 1. The molecule has 0 amide bonds. The van der Waals surface area contributed by atoms with Crippen LogP contribution in [-0.4, -0.2) is 18.6 Å². The lowest BCUT2D eigenvalue weighted by Gasteiger charge is -2.12. The summed E-state index contributed by atoms with van der Waals surface area (Å²) in [6.07, 6.45) is -0.282. The van der Waals surface area contributed by atoms with Crippen LogP contribution in [-0.2, 0) is 21.8 Å². The number of nitrogens with zero attached hydrogens (tertiary/aromatic N) is 1. The van der Waals surface area contributed by atoms with Gasteiger partial charge in [-0.25, -0.2) is 0 Å². The topological polar surface area (TPSA) is 50.1 Å². The van der Waals surface area contributed by atoms with Crippen LogP contribution in [0.1, 0.15) is 16.7 Å². The molecule has 0 heterocycles. The fraction of sp³-hybridized carbons (Fsp3) is 0.333. The largest absolute Gasteiger partial charge is 0.469 e. The zero-order chi connectivity index (χ0) is 15.3. The van der Waals surface area contributed by atoms with Crippen LogP contribution in [0.15, 0.2) is 17.0 Å². The van der Waals surface area contributed by atoms with Gasteiger partial charge >= 0.3 is 11.5 Å². The molecule has 0 aromatic heterocycles. The van der Waals surface area contributed by atoms with Crippen LogP contribution in [0, 0.1) is 11.3 Å². The Morgan fingerprint density at radius 2 is 2.05 bits per heavy atom. The van der Waals surface area contributed by atoms with Crippen molar-refractivity contribution in [3.8, 4) is 6.07 Å². The van der Waals surface area contributed by atoms with Gasteiger partial charge in [0.1, 0.15) is 0 Å². The summed E-state index contributed by atoms with van der Waals surface area (Å²) >= 11 is 5.32. The van der Waals surface area contributed by atoms with Gasteiger partial charge in [-0.3, -0.25) is 4.79 Å². The summed E-state index contributed by atoms with van der Waals surface area (Å²) in [5.74, 6) is -0.764. The molecule has 1 aromatic carbocycles. The fourth-order valence-electron chi connectivity index (χ4n) is 1.54. The minimum atomic E-state index is -4.46. The highest BCUT2D eigenvalue weighted by molar-refractivity contribution is 8.00. The molecule has 0 fully saturated rings. The van der Waals surface area contributed by atoms with E-state index in [-0.39, 0.29) is 45.6 Å². The van der Waals surface area contributed by atoms with Crippen molar-refractivity contribution in [3.05, 3.63) is 28.8 Å². The van der Waals surface area contributed by atoms with E-state index in [2.05, 4.69) is 4.74 Å². The molecule has 3 nitrogen and oxygen atoms in total. The number of thioether (sulfide) groups is 1. The molecule has 8 heteroatoms. The number of halogens is 4. The van der Waals surface area contributed by atoms with Gasteiger partial charge in [0.2, 0.25) is 0 Å². The summed E-state index contributed by atoms with van der Waals surface area (Å²) in [5.41, 5.74) is -3.93. The van der Waals surface area contributed by atoms with Gasteiger partial charge in [-0.1, -0.05) is 0 Å². The van der Waals surface area contributed by atoms with Crippen LogP contribution in [0.4, 0.5) is 13.2 Å². The van der Waals surface area contributed by atoms with Crippen LogP contribution < -0.4 is 0 Å². The highest BCUT2D eigenvalue weighted by Crippen LogP contribution is 2.38. The van der Waals surface area contributed by atoms with Gasteiger partial charge in [-0.05, 0) is 35.0 Å². The van der Waals surface area contributed by atoms with Gasteiger partial charge < -0.3 is 4.74 Å². The summed E-state index contributed by atoms with van der Waals surface area (Å²) in [4.78, 5) is 11.1. The Labute approximate surface area is 122 Å². The predicted octanol–water partition coefficient (Wildman–Crippen LogP) is 3.62. The lowest BCUT2D eigenvalue weighted by atomic mass is 10.0. The van der Waals surface area contributed by atoms with E-state index in [1.807, 2.05) is 6.07 Å². The summed E-state index contributed by atoms with van der Waals surface area (Å²) in [6, 6.07) is 4.21. The molecular weight excluding hydrogens is 315 g/mol. The Morgan fingerprint density at radius 3 is 2.50 bits per heavy atom. The molecule has 0 aliphatic rings. The van der Waals surface area contributed by atoms with E-state index in [4.69, 9.17) is 16.9 Å². The average Bonchev–Trinajstić information content (AvgIpc) is 2.35. The lowest BCUT2D eigenvalue weighted by molar-refractivity contribution is -0.139. The molecule has 1 aromatic rings. The third kappa shape index (κ3) is 4.62. The number of nitriles is 1. The molecule has 0 aliphatic carbocycles. The van der Waals surface area contributed by atoms with Gasteiger partial charge in [0, 0.05) is 10.8 Å². The molecule has 20 heavy (non-hydrogen) atoms. The van der Waals surface area contributed by atoms with Crippen molar-refractivity contribution in [1.29, 1.82) is 5.26 Å². The van der Waals surface area contributed by atoms with E-state index in [1.54, 1.807) is 0 Å². The van der Waals surface area contributed by atoms with Crippen LogP contribution in [0.5, 0.6) is 0 Å². The summed E-state index contributed by atoms with van der Waals surface area (Å²) in [6.45, 7) is 0. The zero-order valence-corrected chi connectivity index (χ0v) is 11.8. The van der Waals surface area contributed by atoms with Crippen molar-refractivity contribution in [3.63, 3.8) is 0 Å². The summed E-state index contributed by atoms with van der Waals surface area (Å²) in [5, 5.41) is 9.05. The second-order valence-electron chi connectivity index (χ2n) is 3.66. The molecule has 0 aliphatic heterocycles. The van der Waals surface area contributed by atoms with E-state index < -0.39 is 11.5 Å². The first-order chi connectivity index (χ1) is 9.30. The highest BCUT2D eigenvalue weighted by atomic mass is 35.5. The number of hydrogen-bond donors (Lipinski definition) is 0. The fourth-order valence-corrected chi connectivity index (χ4v) is 2.42. The van der Waals surface area contributed by atoms with Gasteiger partial charge in [0.25, 0.3) is 0 Å². The number of esters is 1. The molecule has 0 unspecified atom stereocenters. The Balaban J connectivity index is 3.28. The maximum absolute atomic E-state index is 12.4. The minimum absolute atomic E-state index is 0.108. The van der Waals surface area contributed by atoms with Gasteiger partial charge in [0.05, 0.1) is 25.2 Å². The van der Waals surface area contributed by atoms with Crippen LogP contribution in [0.3, 0.4) is 0 Å². The van der Waals surface area contributed by atoms with Gasteiger partial charge in [-0.2, -0.15) is 18.4 Å². The average molecular weight is 324 g/mol. The van der Waals surface area contributed by atoms with Crippen molar-refractivity contribution in [2.75, 3.05) is 7.11 Å². The number of ether oxygens (including phenoxy) is 1.